The van der Waals surface area contributed by atoms with Gasteiger partial charge in [-0.1, -0.05) is 30.3 Å². The lowest BCUT2D eigenvalue weighted by Crippen LogP contribution is -2.46. The molecule has 0 unspecified atom stereocenters. The summed E-state index contributed by atoms with van der Waals surface area (Å²) in [6, 6.07) is 12.8. The second kappa shape index (κ2) is 9.37. The fourth-order valence-corrected chi connectivity index (χ4v) is 5.89. The molecule has 1 saturated carbocycles. The third-order valence-electron chi connectivity index (χ3n) is 6.75. The van der Waals surface area contributed by atoms with Crippen molar-refractivity contribution in [3.63, 3.8) is 0 Å². The molecule has 0 bridgehead atoms. The molecule has 7 nitrogen and oxygen atoms in total. The lowest BCUT2D eigenvalue weighted by molar-refractivity contribution is 0.0663. The molecular formula is C26H27FN4O3S. The van der Waals surface area contributed by atoms with E-state index in [4.69, 9.17) is 4.74 Å². The summed E-state index contributed by atoms with van der Waals surface area (Å²) in [5.41, 5.74) is 1.45. The molecule has 0 spiro atoms. The van der Waals surface area contributed by atoms with E-state index in [9.17, 15) is 14.0 Å². The summed E-state index contributed by atoms with van der Waals surface area (Å²) in [5, 5.41) is 5.41. The Morgan fingerprint density at radius 2 is 1.89 bits per heavy atom. The standard InChI is InChI=1S/C26H27FN4O3S/c1-26(2)22(16-6-4-3-5-7-16)31(25(33)34-26)19-11-9-18(10-12-19)29-23(32)20-15-35-24(30-20)17-8-13-21(27)28-14-17/h3-8,13-15,18-19,22H,9-12H2,1-2H3,(H,29,32)/t18?,19?,22-/m0/s1. The molecular weight excluding hydrogens is 467 g/mol. The van der Waals surface area contributed by atoms with Crippen LogP contribution in [-0.4, -0.2) is 44.6 Å². The van der Waals surface area contributed by atoms with Crippen molar-refractivity contribution in [1.82, 2.24) is 20.2 Å². The molecule has 5 rings (SSSR count). The number of amides is 2. The number of rotatable bonds is 5. The van der Waals surface area contributed by atoms with Crippen molar-refractivity contribution in [2.75, 3.05) is 0 Å². The number of nitrogens with one attached hydrogen (secondary N) is 1. The molecule has 1 saturated heterocycles. The van der Waals surface area contributed by atoms with Gasteiger partial charge in [-0.05, 0) is 57.2 Å². The van der Waals surface area contributed by atoms with Gasteiger partial charge in [0.15, 0.2) is 0 Å². The first-order valence-electron chi connectivity index (χ1n) is 11.8. The Balaban J connectivity index is 1.22. The van der Waals surface area contributed by atoms with Crippen LogP contribution in [-0.2, 0) is 4.74 Å². The van der Waals surface area contributed by atoms with Crippen LogP contribution in [0.2, 0.25) is 0 Å². The normalized spacial score (nSPS) is 23.7. The molecule has 2 aromatic heterocycles. The minimum Gasteiger partial charge on any atom is -0.441 e. The molecule has 1 aliphatic carbocycles. The van der Waals surface area contributed by atoms with Gasteiger partial charge in [0.1, 0.15) is 16.3 Å². The average Bonchev–Trinajstić information content (AvgIpc) is 3.43. The van der Waals surface area contributed by atoms with Crippen LogP contribution in [0.3, 0.4) is 0 Å². The van der Waals surface area contributed by atoms with E-state index in [1.54, 1.807) is 11.4 Å². The van der Waals surface area contributed by atoms with E-state index in [0.717, 1.165) is 31.2 Å². The fourth-order valence-electron chi connectivity index (χ4n) is 5.10. The Kier molecular flexibility index (Phi) is 6.27. The Morgan fingerprint density at radius 3 is 2.57 bits per heavy atom. The number of aromatic nitrogens is 2. The summed E-state index contributed by atoms with van der Waals surface area (Å²) in [6.07, 6.45) is 4.22. The molecule has 2 aliphatic rings. The molecule has 2 fully saturated rings. The van der Waals surface area contributed by atoms with Crippen LogP contribution < -0.4 is 5.32 Å². The van der Waals surface area contributed by atoms with E-state index in [0.29, 0.717) is 16.3 Å². The zero-order chi connectivity index (χ0) is 24.6. The second-order valence-electron chi connectivity index (χ2n) is 9.58. The Bertz CT molecular complexity index is 1210. The first-order chi connectivity index (χ1) is 16.8. The quantitative estimate of drug-likeness (QED) is 0.483. The van der Waals surface area contributed by atoms with Gasteiger partial charge in [-0.15, -0.1) is 11.3 Å². The number of ether oxygens (including phenoxy) is 1. The third kappa shape index (κ3) is 4.77. The highest BCUT2D eigenvalue weighted by Gasteiger charge is 2.51. The van der Waals surface area contributed by atoms with E-state index >= 15 is 0 Å². The number of pyridine rings is 1. The fraction of sp³-hybridized carbons (Fsp3) is 0.385. The number of nitrogens with zero attached hydrogens (tertiary/aromatic N) is 3. The molecule has 1 aliphatic heterocycles. The predicted molar refractivity (Wildman–Crippen MR) is 130 cm³/mol. The highest BCUT2D eigenvalue weighted by molar-refractivity contribution is 7.13. The van der Waals surface area contributed by atoms with Crippen molar-refractivity contribution in [2.24, 2.45) is 0 Å². The molecule has 182 valence electrons. The van der Waals surface area contributed by atoms with Gasteiger partial charge in [0.05, 0.1) is 6.04 Å². The molecule has 1 N–H and O–H groups in total. The van der Waals surface area contributed by atoms with Crippen LogP contribution in [0.15, 0.2) is 54.0 Å². The summed E-state index contributed by atoms with van der Waals surface area (Å²) < 4.78 is 18.8. The van der Waals surface area contributed by atoms with Gasteiger partial charge < -0.3 is 10.1 Å². The Hall–Kier alpha value is -3.33. The lowest BCUT2D eigenvalue weighted by Gasteiger charge is -2.38. The van der Waals surface area contributed by atoms with Crippen molar-refractivity contribution in [2.45, 2.75) is 63.3 Å². The zero-order valence-corrected chi connectivity index (χ0v) is 20.4. The first-order valence-corrected chi connectivity index (χ1v) is 12.6. The highest BCUT2D eigenvalue weighted by Crippen LogP contribution is 2.44. The van der Waals surface area contributed by atoms with Gasteiger partial charge in [-0.3, -0.25) is 9.69 Å². The largest absolute Gasteiger partial charge is 0.441 e. The lowest BCUT2D eigenvalue weighted by atomic mass is 9.86. The summed E-state index contributed by atoms with van der Waals surface area (Å²) in [6.45, 7) is 3.91. The molecule has 9 heteroatoms. The Morgan fingerprint density at radius 1 is 1.14 bits per heavy atom. The number of thiazole rings is 1. The smallest absolute Gasteiger partial charge is 0.411 e. The summed E-state index contributed by atoms with van der Waals surface area (Å²) in [5.74, 6) is -0.783. The van der Waals surface area contributed by atoms with Crippen molar-refractivity contribution in [3.05, 3.63) is 71.2 Å². The minimum atomic E-state index is -0.619. The Labute approximate surface area is 207 Å². The number of halogens is 1. The average molecular weight is 495 g/mol. The summed E-state index contributed by atoms with van der Waals surface area (Å²) in [4.78, 5) is 35.6. The van der Waals surface area contributed by atoms with Crippen LogP contribution in [0.25, 0.3) is 10.6 Å². The molecule has 3 heterocycles. The highest BCUT2D eigenvalue weighted by atomic mass is 32.1. The van der Waals surface area contributed by atoms with Gasteiger partial charge in [0.2, 0.25) is 5.95 Å². The van der Waals surface area contributed by atoms with Gasteiger partial charge in [-0.25, -0.2) is 14.8 Å². The van der Waals surface area contributed by atoms with E-state index < -0.39 is 11.5 Å². The van der Waals surface area contributed by atoms with Gasteiger partial charge in [0, 0.05) is 29.2 Å². The molecule has 0 radical (unpaired) electrons. The summed E-state index contributed by atoms with van der Waals surface area (Å²) in [7, 11) is 0. The zero-order valence-electron chi connectivity index (χ0n) is 19.6. The third-order valence-corrected chi connectivity index (χ3v) is 7.64. The van der Waals surface area contributed by atoms with Crippen LogP contribution in [0, 0.1) is 5.95 Å². The topological polar surface area (TPSA) is 84.4 Å². The van der Waals surface area contributed by atoms with Crippen molar-refractivity contribution in [1.29, 1.82) is 0 Å². The maximum Gasteiger partial charge on any atom is 0.411 e. The van der Waals surface area contributed by atoms with E-state index in [1.807, 2.05) is 49.1 Å². The van der Waals surface area contributed by atoms with Gasteiger partial charge in [0.25, 0.3) is 5.91 Å². The van der Waals surface area contributed by atoms with Gasteiger partial charge in [-0.2, -0.15) is 4.39 Å². The van der Waals surface area contributed by atoms with Crippen molar-refractivity contribution >= 4 is 23.3 Å². The van der Waals surface area contributed by atoms with Crippen LogP contribution in [0.1, 0.15) is 61.6 Å². The number of carbonyl (C=O) groups is 2. The SMILES string of the molecule is CC1(C)OC(=O)N(C2CCC(NC(=O)c3csc(-c4ccc(F)nc4)n3)CC2)[C@H]1c1ccccc1. The monoisotopic (exact) mass is 494 g/mol. The maximum absolute atomic E-state index is 13.1. The number of carbonyl (C=O) groups excluding carboxylic acids is 2. The van der Waals surface area contributed by atoms with Crippen molar-refractivity contribution < 1.29 is 18.7 Å². The molecule has 35 heavy (non-hydrogen) atoms. The second-order valence-corrected chi connectivity index (χ2v) is 10.4. The molecule has 1 aromatic carbocycles. The van der Waals surface area contributed by atoms with Crippen LogP contribution in [0.4, 0.5) is 9.18 Å². The predicted octanol–water partition coefficient (Wildman–Crippen LogP) is 5.36. The number of hydrogen-bond donors (Lipinski definition) is 1. The minimum absolute atomic E-state index is 0.0122. The number of benzene rings is 1. The molecule has 3 aromatic rings. The first kappa shape index (κ1) is 23.4. The molecule has 2 amide bonds. The summed E-state index contributed by atoms with van der Waals surface area (Å²) >= 11 is 1.32. The van der Waals surface area contributed by atoms with E-state index in [2.05, 4.69) is 15.3 Å². The van der Waals surface area contributed by atoms with Crippen molar-refractivity contribution in [3.8, 4) is 10.6 Å². The molecule has 1 atom stereocenters. The number of cyclic esters (lactones) is 1. The maximum atomic E-state index is 13.1. The van der Waals surface area contributed by atoms with Crippen LogP contribution >= 0.6 is 11.3 Å². The van der Waals surface area contributed by atoms with E-state index in [-0.39, 0.29) is 30.1 Å². The van der Waals surface area contributed by atoms with Crippen LogP contribution in [0.5, 0.6) is 0 Å². The van der Waals surface area contributed by atoms with E-state index in [1.165, 1.54) is 23.6 Å². The van der Waals surface area contributed by atoms with Gasteiger partial charge >= 0.3 is 6.09 Å². The number of hydrogen-bond acceptors (Lipinski definition) is 6.